The number of hydrogen-bond donors (Lipinski definition) is 2. The van der Waals surface area contributed by atoms with Crippen LogP contribution in [-0.4, -0.2) is 48.5 Å². The summed E-state index contributed by atoms with van der Waals surface area (Å²) in [6, 6.07) is 10.3. The number of benzene rings is 1. The van der Waals surface area contributed by atoms with Crippen LogP contribution in [0, 0.1) is 0 Å². The quantitative estimate of drug-likeness (QED) is 0.865. The molecular weight excluding hydrogens is 282 g/mol. The van der Waals surface area contributed by atoms with Crippen molar-refractivity contribution < 1.29 is 19.3 Å². The molecule has 2 fully saturated rings. The zero-order valence-corrected chi connectivity index (χ0v) is 13.4. The van der Waals surface area contributed by atoms with Crippen LogP contribution in [0.15, 0.2) is 30.3 Å². The van der Waals surface area contributed by atoms with E-state index in [0.717, 1.165) is 0 Å². The Morgan fingerprint density at radius 3 is 2.73 bits per heavy atom. The summed E-state index contributed by atoms with van der Waals surface area (Å²) in [4.78, 5) is 0. The molecule has 1 aromatic carbocycles. The van der Waals surface area contributed by atoms with Gasteiger partial charge >= 0.3 is 0 Å². The van der Waals surface area contributed by atoms with E-state index in [0.29, 0.717) is 13.2 Å². The smallest absolute Gasteiger partial charge is 0.164 e. The van der Waals surface area contributed by atoms with E-state index in [4.69, 9.17) is 14.2 Å². The predicted octanol–water partition coefficient (Wildman–Crippen LogP) is 1.62. The summed E-state index contributed by atoms with van der Waals surface area (Å²) in [6.45, 7) is 6.80. The lowest BCUT2D eigenvalue weighted by molar-refractivity contribution is -0.184. The van der Waals surface area contributed by atoms with Crippen molar-refractivity contribution >= 4 is 0 Å². The van der Waals surface area contributed by atoms with E-state index in [9.17, 15) is 5.11 Å². The number of nitrogens with one attached hydrogen (secondary N) is 1. The normalized spacial score (nSPS) is 32.6. The van der Waals surface area contributed by atoms with E-state index in [1.807, 2.05) is 32.0 Å². The van der Waals surface area contributed by atoms with Crippen molar-refractivity contribution in [2.75, 3.05) is 13.2 Å². The van der Waals surface area contributed by atoms with E-state index in [1.54, 1.807) is 0 Å². The Bertz CT molecular complexity index is 493. The van der Waals surface area contributed by atoms with Gasteiger partial charge in [0.2, 0.25) is 0 Å². The molecule has 0 unspecified atom stereocenters. The average Bonchev–Trinajstić information content (AvgIpc) is 3.00. The molecule has 2 aliphatic rings. The Labute approximate surface area is 131 Å². The van der Waals surface area contributed by atoms with Gasteiger partial charge in [0.1, 0.15) is 18.3 Å². The molecular formula is C17H25NO4. The van der Waals surface area contributed by atoms with Crippen molar-refractivity contribution in [1.29, 1.82) is 0 Å². The first-order chi connectivity index (χ1) is 10.5. The number of fused-ring (bicyclic) bond motifs is 1. The first-order valence-electron chi connectivity index (χ1n) is 7.90. The fourth-order valence-electron chi connectivity index (χ4n) is 3.17. The van der Waals surface area contributed by atoms with Gasteiger partial charge in [0.25, 0.3) is 0 Å². The molecule has 0 amide bonds. The molecule has 1 aromatic rings. The Hall–Kier alpha value is -0.980. The van der Waals surface area contributed by atoms with E-state index in [2.05, 4.69) is 24.4 Å². The summed E-state index contributed by atoms with van der Waals surface area (Å²) in [5.41, 5.74) is 1.20. The van der Waals surface area contributed by atoms with E-state index in [1.165, 1.54) is 5.56 Å². The summed E-state index contributed by atoms with van der Waals surface area (Å²) >= 11 is 0. The van der Waals surface area contributed by atoms with Gasteiger partial charge in [0, 0.05) is 12.6 Å². The second-order valence-electron chi connectivity index (χ2n) is 6.54. The Balaban J connectivity index is 1.53. The van der Waals surface area contributed by atoms with Crippen molar-refractivity contribution in [2.45, 2.75) is 57.0 Å². The summed E-state index contributed by atoms with van der Waals surface area (Å²) in [7, 11) is 0. The molecule has 5 nitrogen and oxygen atoms in total. The SMILES string of the molecule is C[C@@H](NC[C@H](O)[C@H]1OC[C@H]2OC(C)(C)O[C@@H]12)c1ccccc1. The maximum Gasteiger partial charge on any atom is 0.164 e. The highest BCUT2D eigenvalue weighted by atomic mass is 16.8. The lowest BCUT2D eigenvalue weighted by Crippen LogP contribution is -2.44. The van der Waals surface area contributed by atoms with Crippen LogP contribution in [-0.2, 0) is 14.2 Å². The molecule has 122 valence electrons. The summed E-state index contributed by atoms with van der Waals surface area (Å²) in [5, 5.41) is 13.8. The third kappa shape index (κ3) is 3.34. The maximum atomic E-state index is 10.4. The molecule has 22 heavy (non-hydrogen) atoms. The van der Waals surface area contributed by atoms with Gasteiger partial charge in [0.05, 0.1) is 12.7 Å². The Morgan fingerprint density at radius 1 is 1.27 bits per heavy atom. The van der Waals surface area contributed by atoms with E-state index >= 15 is 0 Å². The highest BCUT2D eigenvalue weighted by Crippen LogP contribution is 2.36. The summed E-state index contributed by atoms with van der Waals surface area (Å²) in [5.74, 6) is -0.595. The van der Waals surface area contributed by atoms with Crippen LogP contribution in [0.25, 0.3) is 0 Å². The highest BCUT2D eigenvalue weighted by molar-refractivity contribution is 5.18. The zero-order chi connectivity index (χ0) is 15.7. The average molecular weight is 307 g/mol. The number of aliphatic hydroxyl groups is 1. The van der Waals surface area contributed by atoms with Gasteiger partial charge < -0.3 is 24.6 Å². The van der Waals surface area contributed by atoms with Crippen LogP contribution in [0.1, 0.15) is 32.4 Å². The van der Waals surface area contributed by atoms with Gasteiger partial charge in [-0.15, -0.1) is 0 Å². The molecule has 3 rings (SSSR count). The van der Waals surface area contributed by atoms with Crippen molar-refractivity contribution in [3.8, 4) is 0 Å². The number of ether oxygens (including phenoxy) is 3. The molecule has 2 heterocycles. The zero-order valence-electron chi connectivity index (χ0n) is 13.4. The highest BCUT2D eigenvalue weighted by Gasteiger charge is 2.52. The van der Waals surface area contributed by atoms with E-state index in [-0.39, 0.29) is 24.4 Å². The second kappa shape index (κ2) is 6.26. The summed E-state index contributed by atoms with van der Waals surface area (Å²) < 4.78 is 17.3. The minimum absolute atomic E-state index is 0.0822. The Morgan fingerprint density at radius 2 is 2.00 bits per heavy atom. The Kier molecular flexibility index (Phi) is 4.52. The first kappa shape index (κ1) is 15.9. The van der Waals surface area contributed by atoms with Gasteiger partial charge in [-0.2, -0.15) is 0 Å². The van der Waals surface area contributed by atoms with Crippen LogP contribution < -0.4 is 5.32 Å². The first-order valence-corrected chi connectivity index (χ1v) is 7.90. The van der Waals surface area contributed by atoms with Crippen LogP contribution in [0.5, 0.6) is 0 Å². The molecule has 5 atom stereocenters. The fourth-order valence-corrected chi connectivity index (χ4v) is 3.17. The minimum atomic E-state index is -0.626. The van der Waals surface area contributed by atoms with Crippen LogP contribution in [0.4, 0.5) is 0 Å². The van der Waals surface area contributed by atoms with Gasteiger partial charge in [-0.25, -0.2) is 0 Å². The molecule has 0 aliphatic carbocycles. The minimum Gasteiger partial charge on any atom is -0.389 e. The molecule has 2 N–H and O–H groups in total. The summed E-state index contributed by atoms with van der Waals surface area (Å²) in [6.07, 6.45) is -1.25. The standard InChI is InChI=1S/C17H25NO4/c1-11(12-7-5-4-6-8-12)18-9-13(19)15-16-14(10-20-15)21-17(2,3)22-16/h4-8,11,13-16,18-19H,9-10H2,1-3H3/t11-,13+,14-,15-,16-/m1/s1. The lowest BCUT2D eigenvalue weighted by Gasteiger charge is -2.26. The predicted molar refractivity (Wildman–Crippen MR) is 82.4 cm³/mol. The molecule has 0 saturated carbocycles. The van der Waals surface area contributed by atoms with Crippen molar-refractivity contribution in [1.82, 2.24) is 5.32 Å². The molecule has 0 aromatic heterocycles. The van der Waals surface area contributed by atoms with Crippen LogP contribution >= 0.6 is 0 Å². The molecule has 0 bridgehead atoms. The van der Waals surface area contributed by atoms with Gasteiger partial charge in [-0.3, -0.25) is 0 Å². The van der Waals surface area contributed by atoms with Crippen LogP contribution in [0.3, 0.4) is 0 Å². The number of aliphatic hydroxyl groups excluding tert-OH is 1. The van der Waals surface area contributed by atoms with Crippen LogP contribution in [0.2, 0.25) is 0 Å². The van der Waals surface area contributed by atoms with Crippen molar-refractivity contribution in [2.24, 2.45) is 0 Å². The topological polar surface area (TPSA) is 60.0 Å². The fraction of sp³-hybridized carbons (Fsp3) is 0.647. The molecule has 5 heteroatoms. The third-order valence-corrected chi connectivity index (χ3v) is 4.31. The number of hydrogen-bond acceptors (Lipinski definition) is 5. The monoisotopic (exact) mass is 307 g/mol. The van der Waals surface area contributed by atoms with Crippen molar-refractivity contribution in [3.05, 3.63) is 35.9 Å². The molecule has 0 spiro atoms. The van der Waals surface area contributed by atoms with Gasteiger partial charge in [-0.1, -0.05) is 30.3 Å². The van der Waals surface area contributed by atoms with Crippen molar-refractivity contribution in [3.63, 3.8) is 0 Å². The number of rotatable bonds is 5. The lowest BCUT2D eigenvalue weighted by atomic mass is 10.0. The van der Waals surface area contributed by atoms with Gasteiger partial charge in [0.15, 0.2) is 5.79 Å². The largest absolute Gasteiger partial charge is 0.389 e. The van der Waals surface area contributed by atoms with E-state index < -0.39 is 11.9 Å². The maximum absolute atomic E-state index is 10.4. The molecule has 2 aliphatic heterocycles. The van der Waals surface area contributed by atoms with Gasteiger partial charge in [-0.05, 0) is 26.3 Å². The molecule has 0 radical (unpaired) electrons. The third-order valence-electron chi connectivity index (χ3n) is 4.31. The molecule has 2 saturated heterocycles. The second-order valence-corrected chi connectivity index (χ2v) is 6.54.